The normalized spacial score (nSPS) is 10.1. The first kappa shape index (κ1) is 12.4. The first-order valence-electron chi connectivity index (χ1n) is 5.19. The Labute approximate surface area is 108 Å². The van der Waals surface area contributed by atoms with Gasteiger partial charge in [-0.1, -0.05) is 6.07 Å². The van der Waals surface area contributed by atoms with Gasteiger partial charge in [-0.05, 0) is 12.1 Å². The Hall–Kier alpha value is -2.08. The number of carbonyl (C=O) groups excluding carboxylic acids is 1. The van der Waals surface area contributed by atoms with Gasteiger partial charge < -0.3 is 15.2 Å². The van der Waals surface area contributed by atoms with Crippen LogP contribution < -0.4 is 10.5 Å². The Morgan fingerprint density at radius 3 is 3.00 bits per heavy atom. The Morgan fingerprint density at radius 2 is 2.33 bits per heavy atom. The molecule has 2 rings (SSSR count). The molecule has 0 atom stereocenters. The molecule has 94 valence electrons. The third-order valence-corrected chi connectivity index (χ3v) is 3.05. The van der Waals surface area contributed by atoms with Gasteiger partial charge in [-0.25, -0.2) is 4.79 Å². The third kappa shape index (κ3) is 2.60. The van der Waals surface area contributed by atoms with Crippen LogP contribution in [0.4, 0.5) is 5.69 Å². The molecule has 0 unspecified atom stereocenters. The Morgan fingerprint density at radius 1 is 1.50 bits per heavy atom. The molecule has 18 heavy (non-hydrogen) atoms. The van der Waals surface area contributed by atoms with E-state index in [0.29, 0.717) is 17.0 Å². The summed E-state index contributed by atoms with van der Waals surface area (Å²) in [5.74, 6) is -0.126. The van der Waals surface area contributed by atoms with E-state index in [-0.39, 0.29) is 6.61 Å². The number of nitrogen functional groups attached to an aromatic ring is 1. The van der Waals surface area contributed by atoms with Crippen molar-refractivity contribution < 1.29 is 14.3 Å². The van der Waals surface area contributed by atoms with E-state index in [0.717, 1.165) is 4.88 Å². The summed E-state index contributed by atoms with van der Waals surface area (Å²) in [5, 5.41) is 0. The number of carbonyl (C=O) groups is 1. The molecule has 2 aromatic rings. The molecule has 0 aliphatic rings. The molecule has 0 aliphatic heterocycles. The van der Waals surface area contributed by atoms with E-state index in [9.17, 15) is 4.79 Å². The van der Waals surface area contributed by atoms with Crippen LogP contribution in [0.2, 0.25) is 0 Å². The van der Waals surface area contributed by atoms with Crippen molar-refractivity contribution in [3.05, 3.63) is 40.3 Å². The molecule has 0 aliphatic carbocycles. The van der Waals surface area contributed by atoms with Crippen LogP contribution in [0.3, 0.4) is 0 Å². The van der Waals surface area contributed by atoms with E-state index < -0.39 is 5.97 Å². The van der Waals surface area contributed by atoms with Crippen LogP contribution in [-0.2, 0) is 11.3 Å². The SMILES string of the molecule is COc1c(N)cccc1C(=O)OCc1cncs1. The number of hydrogen-bond acceptors (Lipinski definition) is 6. The van der Waals surface area contributed by atoms with Crippen LogP contribution in [0.5, 0.6) is 5.75 Å². The van der Waals surface area contributed by atoms with Gasteiger partial charge in [0.05, 0.1) is 23.2 Å². The lowest BCUT2D eigenvalue weighted by atomic mass is 10.2. The quantitative estimate of drug-likeness (QED) is 0.676. The number of methoxy groups -OCH3 is 1. The number of nitrogens with zero attached hydrogens (tertiary/aromatic N) is 1. The van der Waals surface area contributed by atoms with Crippen LogP contribution in [-0.4, -0.2) is 18.1 Å². The molecule has 1 aromatic carbocycles. The van der Waals surface area contributed by atoms with Crippen molar-refractivity contribution in [1.29, 1.82) is 0 Å². The summed E-state index contributed by atoms with van der Waals surface area (Å²) < 4.78 is 10.3. The first-order chi connectivity index (χ1) is 8.72. The van der Waals surface area contributed by atoms with E-state index in [1.165, 1.54) is 18.4 Å². The molecule has 0 fully saturated rings. The maximum absolute atomic E-state index is 11.9. The Bertz CT molecular complexity index is 540. The molecule has 6 heteroatoms. The average Bonchev–Trinajstić information content (AvgIpc) is 2.88. The lowest BCUT2D eigenvalue weighted by Gasteiger charge is -2.10. The van der Waals surface area contributed by atoms with Gasteiger partial charge in [-0.15, -0.1) is 11.3 Å². The van der Waals surface area contributed by atoms with E-state index in [4.69, 9.17) is 15.2 Å². The van der Waals surface area contributed by atoms with E-state index in [1.54, 1.807) is 29.9 Å². The van der Waals surface area contributed by atoms with Crippen LogP contribution >= 0.6 is 11.3 Å². The van der Waals surface area contributed by atoms with Gasteiger partial charge in [0, 0.05) is 6.20 Å². The molecule has 0 spiro atoms. The molecule has 5 nitrogen and oxygen atoms in total. The Kier molecular flexibility index (Phi) is 3.78. The molecule has 0 saturated carbocycles. The second kappa shape index (κ2) is 5.50. The molecule has 2 N–H and O–H groups in total. The fraction of sp³-hybridized carbons (Fsp3) is 0.167. The number of para-hydroxylation sites is 1. The van der Waals surface area contributed by atoms with Crippen LogP contribution in [0, 0.1) is 0 Å². The fourth-order valence-electron chi connectivity index (χ4n) is 1.47. The van der Waals surface area contributed by atoms with Gasteiger partial charge in [0.25, 0.3) is 0 Å². The lowest BCUT2D eigenvalue weighted by molar-refractivity contribution is 0.0473. The predicted octanol–water partition coefficient (Wildman–Crippen LogP) is 2.09. The van der Waals surface area contributed by atoms with E-state index >= 15 is 0 Å². The first-order valence-corrected chi connectivity index (χ1v) is 6.07. The zero-order chi connectivity index (χ0) is 13.0. The maximum Gasteiger partial charge on any atom is 0.342 e. The number of benzene rings is 1. The van der Waals surface area contributed by atoms with Gasteiger partial charge in [-0.2, -0.15) is 0 Å². The fourth-order valence-corrected chi connectivity index (χ4v) is 1.98. The number of rotatable bonds is 4. The second-order valence-corrected chi connectivity index (χ2v) is 4.44. The highest BCUT2D eigenvalue weighted by molar-refractivity contribution is 7.09. The van der Waals surface area contributed by atoms with Gasteiger partial charge in [-0.3, -0.25) is 4.98 Å². The highest BCUT2D eigenvalue weighted by Crippen LogP contribution is 2.26. The number of nitrogens with two attached hydrogens (primary N) is 1. The maximum atomic E-state index is 11.9. The van der Waals surface area contributed by atoms with Gasteiger partial charge >= 0.3 is 5.97 Å². The lowest BCUT2D eigenvalue weighted by Crippen LogP contribution is -2.08. The van der Waals surface area contributed by atoms with Gasteiger partial charge in [0.1, 0.15) is 12.2 Å². The van der Waals surface area contributed by atoms with Crippen LogP contribution in [0.15, 0.2) is 29.9 Å². The molecule has 1 heterocycles. The molecule has 0 radical (unpaired) electrons. The summed E-state index contributed by atoms with van der Waals surface area (Å²) in [7, 11) is 1.46. The topological polar surface area (TPSA) is 74.4 Å². The van der Waals surface area contributed by atoms with Gasteiger partial charge in [0.2, 0.25) is 0 Å². The third-order valence-electron chi connectivity index (χ3n) is 2.30. The molecule has 1 aromatic heterocycles. The van der Waals surface area contributed by atoms with E-state index in [2.05, 4.69) is 4.98 Å². The van der Waals surface area contributed by atoms with Gasteiger partial charge in [0.15, 0.2) is 5.75 Å². The average molecular weight is 264 g/mol. The minimum absolute atomic E-state index is 0.196. The van der Waals surface area contributed by atoms with Crippen molar-refractivity contribution in [2.75, 3.05) is 12.8 Å². The van der Waals surface area contributed by atoms with Crippen LogP contribution in [0.25, 0.3) is 0 Å². The summed E-state index contributed by atoms with van der Waals surface area (Å²) in [4.78, 5) is 16.7. The number of ether oxygens (including phenoxy) is 2. The summed E-state index contributed by atoms with van der Waals surface area (Å²) in [6.45, 7) is 0.196. The summed E-state index contributed by atoms with van der Waals surface area (Å²) in [6.07, 6.45) is 1.66. The largest absolute Gasteiger partial charge is 0.494 e. The zero-order valence-electron chi connectivity index (χ0n) is 9.75. The zero-order valence-corrected chi connectivity index (χ0v) is 10.6. The molecule has 0 bridgehead atoms. The summed E-state index contributed by atoms with van der Waals surface area (Å²) in [5.41, 5.74) is 8.13. The second-order valence-electron chi connectivity index (χ2n) is 3.47. The predicted molar refractivity (Wildman–Crippen MR) is 68.6 cm³/mol. The van der Waals surface area contributed by atoms with Crippen molar-refractivity contribution in [3.8, 4) is 5.75 Å². The van der Waals surface area contributed by atoms with Crippen molar-refractivity contribution >= 4 is 23.0 Å². The summed E-state index contributed by atoms with van der Waals surface area (Å²) >= 11 is 1.43. The standard InChI is InChI=1S/C12H12N2O3S/c1-16-11-9(3-2-4-10(11)13)12(15)17-6-8-5-14-7-18-8/h2-5,7H,6,13H2,1H3. The molecular weight excluding hydrogens is 252 g/mol. The monoisotopic (exact) mass is 264 g/mol. The number of esters is 1. The van der Waals surface area contributed by atoms with Crippen molar-refractivity contribution in [3.63, 3.8) is 0 Å². The smallest absolute Gasteiger partial charge is 0.342 e. The van der Waals surface area contributed by atoms with Crippen molar-refractivity contribution in [2.45, 2.75) is 6.61 Å². The van der Waals surface area contributed by atoms with E-state index in [1.807, 2.05) is 0 Å². The highest BCUT2D eigenvalue weighted by Gasteiger charge is 2.15. The highest BCUT2D eigenvalue weighted by atomic mass is 32.1. The minimum atomic E-state index is -0.465. The molecule has 0 saturated heterocycles. The minimum Gasteiger partial charge on any atom is -0.494 e. The number of hydrogen-bond donors (Lipinski definition) is 1. The van der Waals surface area contributed by atoms with Crippen LogP contribution in [0.1, 0.15) is 15.2 Å². The van der Waals surface area contributed by atoms with Crippen molar-refractivity contribution in [2.24, 2.45) is 0 Å². The number of aromatic nitrogens is 1. The molecule has 0 amide bonds. The number of anilines is 1. The Balaban J connectivity index is 2.11. The summed E-state index contributed by atoms with van der Waals surface area (Å²) in [6, 6.07) is 4.96. The number of thiazole rings is 1. The van der Waals surface area contributed by atoms with Crippen molar-refractivity contribution in [1.82, 2.24) is 4.98 Å². The molecular formula is C12H12N2O3S.